The molecule has 2 fully saturated rings. The van der Waals surface area contributed by atoms with E-state index in [1.54, 1.807) is 0 Å². The van der Waals surface area contributed by atoms with Crippen molar-refractivity contribution < 1.29 is 0 Å². The van der Waals surface area contributed by atoms with Crippen LogP contribution in [0.3, 0.4) is 0 Å². The van der Waals surface area contributed by atoms with Crippen molar-refractivity contribution in [1.29, 1.82) is 0 Å². The topological polar surface area (TPSA) is 39.7 Å². The molecule has 0 aromatic carbocycles. The minimum atomic E-state index is 0. The summed E-state index contributed by atoms with van der Waals surface area (Å²) in [5.41, 5.74) is 0. The van der Waals surface area contributed by atoms with Crippen molar-refractivity contribution in [1.82, 2.24) is 15.5 Å². The van der Waals surface area contributed by atoms with E-state index < -0.39 is 0 Å². The smallest absolute Gasteiger partial charge is 0.191 e. The number of rotatable bonds is 5. The Balaban J connectivity index is 0.00000242. The summed E-state index contributed by atoms with van der Waals surface area (Å²) in [4.78, 5) is 6.92. The number of halogens is 1. The van der Waals surface area contributed by atoms with Crippen molar-refractivity contribution in [2.75, 3.05) is 45.5 Å². The fraction of sp³-hybridized carbons (Fsp3) is 0.938. The number of nitrogens with zero attached hydrogens (tertiary/aromatic N) is 2. The van der Waals surface area contributed by atoms with Crippen molar-refractivity contribution >= 4 is 41.7 Å². The van der Waals surface area contributed by atoms with E-state index in [0.29, 0.717) is 4.75 Å². The molecule has 22 heavy (non-hydrogen) atoms. The molecule has 4 nitrogen and oxygen atoms in total. The van der Waals surface area contributed by atoms with Gasteiger partial charge in [-0.25, -0.2) is 0 Å². The van der Waals surface area contributed by atoms with E-state index in [4.69, 9.17) is 0 Å². The van der Waals surface area contributed by atoms with Crippen LogP contribution in [0.1, 0.15) is 39.5 Å². The van der Waals surface area contributed by atoms with Crippen LogP contribution < -0.4 is 10.6 Å². The lowest BCUT2D eigenvalue weighted by molar-refractivity contribution is 0.187. The van der Waals surface area contributed by atoms with Gasteiger partial charge in [0.25, 0.3) is 0 Å². The second kappa shape index (κ2) is 10.2. The second-order valence-corrected chi connectivity index (χ2v) is 8.48. The van der Waals surface area contributed by atoms with Crippen LogP contribution in [0.15, 0.2) is 4.99 Å². The molecule has 2 aliphatic rings. The minimum Gasteiger partial charge on any atom is -0.355 e. The Labute approximate surface area is 157 Å². The number of hydrogen-bond acceptors (Lipinski definition) is 3. The first-order chi connectivity index (χ1) is 10.1. The van der Waals surface area contributed by atoms with E-state index in [9.17, 15) is 0 Å². The Kier molecular flexibility index (Phi) is 9.47. The summed E-state index contributed by atoms with van der Waals surface area (Å²) < 4.78 is 0.389. The van der Waals surface area contributed by atoms with E-state index in [-0.39, 0.29) is 24.0 Å². The molecule has 2 saturated heterocycles. The highest BCUT2D eigenvalue weighted by Crippen LogP contribution is 2.36. The first kappa shape index (κ1) is 20.4. The second-order valence-electron chi connectivity index (χ2n) is 6.80. The van der Waals surface area contributed by atoms with Gasteiger partial charge < -0.3 is 15.5 Å². The van der Waals surface area contributed by atoms with E-state index in [1.165, 1.54) is 44.5 Å². The van der Waals surface area contributed by atoms with Crippen LogP contribution in [0.2, 0.25) is 0 Å². The summed E-state index contributed by atoms with van der Waals surface area (Å²) in [6.07, 6.45) is 5.41. The van der Waals surface area contributed by atoms with Gasteiger partial charge in [0, 0.05) is 38.0 Å². The summed E-state index contributed by atoms with van der Waals surface area (Å²) in [6, 6.07) is 0. The van der Waals surface area contributed by atoms with E-state index in [2.05, 4.69) is 46.1 Å². The van der Waals surface area contributed by atoms with Gasteiger partial charge >= 0.3 is 0 Å². The fourth-order valence-electron chi connectivity index (χ4n) is 3.29. The van der Waals surface area contributed by atoms with Gasteiger partial charge in [-0.2, -0.15) is 11.8 Å². The highest BCUT2D eigenvalue weighted by atomic mass is 127. The molecule has 0 aliphatic carbocycles. The Morgan fingerprint density at radius 1 is 1.36 bits per heavy atom. The number of guanidine groups is 1. The molecule has 6 heteroatoms. The number of aliphatic imine (C=N–C) groups is 1. The molecule has 2 unspecified atom stereocenters. The van der Waals surface area contributed by atoms with Gasteiger partial charge in [0.15, 0.2) is 5.96 Å². The number of likely N-dealkylation sites (tertiary alicyclic amines) is 1. The molecule has 0 bridgehead atoms. The molecule has 2 N–H and O–H groups in total. The lowest BCUT2D eigenvalue weighted by Crippen LogP contribution is -2.46. The number of thioether (sulfide) groups is 1. The molecule has 2 rings (SSSR count). The molecule has 0 spiro atoms. The first-order valence-electron chi connectivity index (χ1n) is 8.42. The van der Waals surface area contributed by atoms with Crippen LogP contribution in [0, 0.1) is 5.92 Å². The van der Waals surface area contributed by atoms with Crippen molar-refractivity contribution in [2.45, 2.75) is 44.3 Å². The largest absolute Gasteiger partial charge is 0.355 e. The molecule has 0 aromatic rings. The Morgan fingerprint density at radius 3 is 2.82 bits per heavy atom. The van der Waals surface area contributed by atoms with Crippen LogP contribution in [0.25, 0.3) is 0 Å². The van der Waals surface area contributed by atoms with E-state index in [0.717, 1.165) is 31.5 Å². The summed E-state index contributed by atoms with van der Waals surface area (Å²) in [7, 11) is 1.86. The molecule has 0 radical (unpaired) electrons. The summed E-state index contributed by atoms with van der Waals surface area (Å²) in [6.45, 7) is 10.3. The van der Waals surface area contributed by atoms with Gasteiger partial charge in [-0.1, -0.05) is 6.92 Å². The maximum atomic E-state index is 4.34. The molecule has 2 aliphatic heterocycles. The Morgan fingerprint density at radius 2 is 2.18 bits per heavy atom. The third-order valence-electron chi connectivity index (χ3n) is 4.62. The van der Waals surface area contributed by atoms with Gasteiger partial charge in [0.05, 0.1) is 0 Å². The maximum Gasteiger partial charge on any atom is 0.191 e. The minimum absolute atomic E-state index is 0. The third-order valence-corrected chi connectivity index (χ3v) is 6.15. The highest BCUT2D eigenvalue weighted by Gasteiger charge is 2.29. The normalized spacial score (nSPS) is 30.0. The number of nitrogens with one attached hydrogen (secondary N) is 2. The molecule has 2 atom stereocenters. The van der Waals surface area contributed by atoms with Crippen molar-refractivity contribution in [3.8, 4) is 0 Å². The molecule has 0 amide bonds. The zero-order chi connectivity index (χ0) is 15.1. The van der Waals surface area contributed by atoms with E-state index in [1.807, 2.05) is 7.05 Å². The van der Waals surface area contributed by atoms with Crippen LogP contribution in [0.4, 0.5) is 0 Å². The van der Waals surface area contributed by atoms with Gasteiger partial charge in [-0.05, 0) is 50.8 Å². The summed E-state index contributed by atoms with van der Waals surface area (Å²) in [5, 5.41) is 6.96. The van der Waals surface area contributed by atoms with Gasteiger partial charge in [0.2, 0.25) is 0 Å². The van der Waals surface area contributed by atoms with Crippen molar-refractivity contribution in [2.24, 2.45) is 10.9 Å². The lowest BCUT2D eigenvalue weighted by Gasteiger charge is -2.31. The number of piperidine rings is 1. The quantitative estimate of drug-likeness (QED) is 0.392. The molecular formula is C16H33IN4S. The predicted octanol–water partition coefficient (Wildman–Crippen LogP) is 2.79. The average molecular weight is 440 g/mol. The summed E-state index contributed by atoms with van der Waals surface area (Å²) in [5.74, 6) is 3.11. The van der Waals surface area contributed by atoms with Gasteiger partial charge in [0.1, 0.15) is 0 Å². The van der Waals surface area contributed by atoms with Crippen LogP contribution >= 0.6 is 35.7 Å². The molecular weight excluding hydrogens is 407 g/mol. The standard InChI is InChI=1S/C16H32N4S.HI/c1-14-6-4-9-20(12-14)10-8-18-15(17-3)19-13-16(2)7-5-11-21-16;/h14H,4-13H2,1-3H3,(H2,17,18,19);1H. The van der Waals surface area contributed by atoms with E-state index >= 15 is 0 Å². The Hall–Kier alpha value is 0.310. The summed E-state index contributed by atoms with van der Waals surface area (Å²) >= 11 is 2.09. The monoisotopic (exact) mass is 440 g/mol. The number of hydrogen-bond donors (Lipinski definition) is 2. The van der Waals surface area contributed by atoms with Crippen LogP contribution in [-0.2, 0) is 0 Å². The average Bonchev–Trinajstić information content (AvgIpc) is 2.90. The third kappa shape index (κ3) is 6.83. The predicted molar refractivity (Wildman–Crippen MR) is 110 cm³/mol. The van der Waals surface area contributed by atoms with Crippen LogP contribution in [-0.4, -0.2) is 61.1 Å². The van der Waals surface area contributed by atoms with Crippen molar-refractivity contribution in [3.05, 3.63) is 0 Å². The fourth-order valence-corrected chi connectivity index (χ4v) is 4.53. The molecule has 0 saturated carbocycles. The molecule has 2 heterocycles. The SMILES string of the molecule is CN=C(NCCN1CCCC(C)C1)NCC1(C)CCCS1.I. The van der Waals surface area contributed by atoms with Crippen molar-refractivity contribution in [3.63, 3.8) is 0 Å². The lowest BCUT2D eigenvalue weighted by atomic mass is 10.0. The van der Waals surface area contributed by atoms with Gasteiger partial charge in [-0.3, -0.25) is 4.99 Å². The highest BCUT2D eigenvalue weighted by molar-refractivity contribution is 14.0. The molecule has 130 valence electrons. The first-order valence-corrected chi connectivity index (χ1v) is 9.41. The Bertz CT molecular complexity index is 345. The van der Waals surface area contributed by atoms with Gasteiger partial charge in [-0.15, -0.1) is 24.0 Å². The van der Waals surface area contributed by atoms with Crippen LogP contribution in [0.5, 0.6) is 0 Å². The zero-order valence-electron chi connectivity index (χ0n) is 14.4. The zero-order valence-corrected chi connectivity index (χ0v) is 17.5. The molecule has 0 aromatic heterocycles. The maximum absolute atomic E-state index is 4.34.